The van der Waals surface area contributed by atoms with Crippen LogP contribution >= 0.6 is 23.2 Å². The van der Waals surface area contributed by atoms with Gasteiger partial charge in [0.1, 0.15) is 0 Å². The topological polar surface area (TPSA) is 49.4 Å². The van der Waals surface area contributed by atoms with Crippen LogP contribution in [0.5, 0.6) is 0 Å². The second-order valence-electron chi connectivity index (χ2n) is 7.37. The van der Waals surface area contributed by atoms with Crippen molar-refractivity contribution in [1.29, 1.82) is 0 Å². The Morgan fingerprint density at radius 3 is 2.32 bits per heavy atom. The van der Waals surface area contributed by atoms with E-state index in [9.17, 15) is 9.59 Å². The molecule has 0 aliphatic carbocycles. The van der Waals surface area contributed by atoms with Gasteiger partial charge in [-0.3, -0.25) is 14.5 Å². The minimum Gasteiger partial charge on any atom is -0.347 e. The molecular weight excluding hydrogens is 395 g/mol. The van der Waals surface area contributed by atoms with Gasteiger partial charge in [-0.25, -0.2) is 0 Å². The molecule has 1 heterocycles. The van der Waals surface area contributed by atoms with Crippen LogP contribution in [0.15, 0.2) is 48.5 Å². The molecule has 1 amide bonds. The SMILES string of the molecule is CC(=O)NC1(c2ccccc2)CCN(CC(=O)Cc2ccc(Cl)c(Cl)c2)CC1. The molecule has 0 radical (unpaired) electrons. The third-order valence-electron chi connectivity index (χ3n) is 5.24. The fourth-order valence-corrected chi connectivity index (χ4v) is 4.18. The van der Waals surface area contributed by atoms with Crippen molar-refractivity contribution in [2.75, 3.05) is 19.6 Å². The third kappa shape index (κ3) is 5.13. The lowest BCUT2D eigenvalue weighted by Gasteiger charge is -2.42. The Balaban J connectivity index is 1.61. The molecule has 0 atom stereocenters. The molecule has 1 N–H and O–H groups in total. The predicted octanol–water partition coefficient (Wildman–Crippen LogP) is 4.23. The molecule has 3 rings (SSSR count). The molecule has 0 unspecified atom stereocenters. The van der Waals surface area contributed by atoms with Crippen molar-refractivity contribution in [2.24, 2.45) is 0 Å². The maximum absolute atomic E-state index is 12.5. The smallest absolute Gasteiger partial charge is 0.217 e. The summed E-state index contributed by atoms with van der Waals surface area (Å²) in [5, 5.41) is 4.11. The summed E-state index contributed by atoms with van der Waals surface area (Å²) in [7, 11) is 0. The number of likely N-dealkylation sites (tertiary alicyclic amines) is 1. The summed E-state index contributed by atoms with van der Waals surface area (Å²) in [6, 6.07) is 15.4. The van der Waals surface area contributed by atoms with Gasteiger partial charge in [0, 0.05) is 26.4 Å². The monoisotopic (exact) mass is 418 g/mol. The molecule has 148 valence electrons. The molecule has 2 aromatic carbocycles. The highest BCUT2D eigenvalue weighted by Crippen LogP contribution is 2.33. The highest BCUT2D eigenvalue weighted by molar-refractivity contribution is 6.42. The lowest BCUT2D eigenvalue weighted by molar-refractivity contribution is -0.123. The van der Waals surface area contributed by atoms with E-state index in [2.05, 4.69) is 22.3 Å². The number of nitrogens with zero attached hydrogens (tertiary/aromatic N) is 1. The Morgan fingerprint density at radius 1 is 1.04 bits per heavy atom. The molecule has 2 aromatic rings. The first-order valence-corrected chi connectivity index (χ1v) is 10.2. The van der Waals surface area contributed by atoms with Crippen molar-refractivity contribution in [3.63, 3.8) is 0 Å². The summed E-state index contributed by atoms with van der Waals surface area (Å²) < 4.78 is 0. The quantitative estimate of drug-likeness (QED) is 0.763. The van der Waals surface area contributed by atoms with Gasteiger partial charge in [0.05, 0.1) is 22.1 Å². The summed E-state index contributed by atoms with van der Waals surface area (Å²) in [6.45, 7) is 3.45. The summed E-state index contributed by atoms with van der Waals surface area (Å²) in [4.78, 5) is 26.5. The van der Waals surface area contributed by atoms with Crippen molar-refractivity contribution in [3.8, 4) is 0 Å². The van der Waals surface area contributed by atoms with Gasteiger partial charge in [0.2, 0.25) is 5.91 Å². The number of carbonyl (C=O) groups excluding carboxylic acids is 2. The number of hydrogen-bond donors (Lipinski definition) is 1. The van der Waals surface area contributed by atoms with E-state index in [-0.39, 0.29) is 17.2 Å². The number of nitrogens with one attached hydrogen (secondary N) is 1. The van der Waals surface area contributed by atoms with Gasteiger partial charge >= 0.3 is 0 Å². The summed E-state index contributed by atoms with van der Waals surface area (Å²) in [6.07, 6.45) is 1.89. The molecule has 0 bridgehead atoms. The van der Waals surface area contributed by atoms with Crippen LogP contribution in [0.4, 0.5) is 0 Å². The first kappa shape index (κ1) is 20.8. The van der Waals surface area contributed by atoms with E-state index in [0.29, 0.717) is 23.0 Å². The largest absolute Gasteiger partial charge is 0.347 e. The summed E-state index contributed by atoms with van der Waals surface area (Å²) in [5.41, 5.74) is 1.62. The van der Waals surface area contributed by atoms with Crippen LogP contribution in [-0.2, 0) is 21.5 Å². The summed E-state index contributed by atoms with van der Waals surface area (Å²) in [5.74, 6) is 0.109. The highest BCUT2D eigenvalue weighted by atomic mass is 35.5. The maximum atomic E-state index is 12.5. The van der Waals surface area contributed by atoms with Crippen molar-refractivity contribution in [2.45, 2.75) is 31.7 Å². The Hall–Kier alpha value is -1.88. The number of carbonyl (C=O) groups is 2. The molecule has 0 saturated carbocycles. The van der Waals surface area contributed by atoms with Gasteiger partial charge in [-0.1, -0.05) is 59.6 Å². The molecular formula is C22H24Cl2N2O2. The van der Waals surface area contributed by atoms with Crippen molar-refractivity contribution < 1.29 is 9.59 Å². The van der Waals surface area contributed by atoms with Crippen LogP contribution < -0.4 is 5.32 Å². The van der Waals surface area contributed by atoms with Crippen LogP contribution in [0.25, 0.3) is 0 Å². The Bertz CT molecular complexity index is 847. The van der Waals surface area contributed by atoms with Gasteiger partial charge in [0.25, 0.3) is 0 Å². The maximum Gasteiger partial charge on any atom is 0.217 e. The standard InChI is InChI=1S/C22H24Cl2N2O2/c1-16(27)25-22(18-5-3-2-4-6-18)9-11-26(12-10-22)15-19(28)13-17-7-8-20(23)21(24)14-17/h2-8,14H,9-13,15H2,1H3,(H,25,27). The van der Waals surface area contributed by atoms with Gasteiger partial charge in [-0.15, -0.1) is 0 Å². The van der Waals surface area contributed by atoms with Crippen LogP contribution in [0.3, 0.4) is 0 Å². The second-order valence-corrected chi connectivity index (χ2v) is 8.18. The first-order valence-electron chi connectivity index (χ1n) is 9.40. The fraction of sp³-hybridized carbons (Fsp3) is 0.364. The Morgan fingerprint density at radius 2 is 1.71 bits per heavy atom. The number of Topliss-reactive ketones (excluding diaryl/α,β-unsaturated/α-hetero) is 1. The number of benzene rings is 2. The van der Waals surface area contributed by atoms with Gasteiger partial charge < -0.3 is 5.32 Å². The summed E-state index contributed by atoms with van der Waals surface area (Å²) >= 11 is 12.0. The normalized spacial score (nSPS) is 16.5. The van der Waals surface area contributed by atoms with E-state index in [4.69, 9.17) is 23.2 Å². The predicted molar refractivity (Wildman–Crippen MR) is 113 cm³/mol. The van der Waals surface area contributed by atoms with E-state index in [1.165, 1.54) is 0 Å². The number of hydrogen-bond acceptors (Lipinski definition) is 3. The molecule has 6 heteroatoms. The molecule has 28 heavy (non-hydrogen) atoms. The number of rotatable bonds is 6. The first-order chi connectivity index (χ1) is 13.4. The third-order valence-corrected chi connectivity index (χ3v) is 5.98. The lowest BCUT2D eigenvalue weighted by atomic mass is 9.80. The van der Waals surface area contributed by atoms with Crippen LogP contribution in [-0.4, -0.2) is 36.2 Å². The molecule has 1 aliphatic heterocycles. The molecule has 0 spiro atoms. The lowest BCUT2D eigenvalue weighted by Crippen LogP contribution is -2.53. The highest BCUT2D eigenvalue weighted by Gasteiger charge is 2.37. The van der Waals surface area contributed by atoms with Crippen molar-refractivity contribution in [3.05, 3.63) is 69.7 Å². The average molecular weight is 419 g/mol. The molecule has 4 nitrogen and oxygen atoms in total. The van der Waals surface area contributed by atoms with E-state index in [0.717, 1.165) is 37.1 Å². The van der Waals surface area contributed by atoms with Gasteiger partial charge in [0.15, 0.2) is 5.78 Å². The van der Waals surface area contributed by atoms with Gasteiger partial charge in [-0.2, -0.15) is 0 Å². The minimum atomic E-state index is -0.365. The zero-order valence-electron chi connectivity index (χ0n) is 15.9. The number of halogens is 2. The van der Waals surface area contributed by atoms with E-state index in [1.54, 1.807) is 19.1 Å². The minimum absolute atomic E-state index is 0.0343. The molecule has 1 saturated heterocycles. The van der Waals surface area contributed by atoms with E-state index >= 15 is 0 Å². The van der Waals surface area contributed by atoms with Crippen molar-refractivity contribution in [1.82, 2.24) is 10.2 Å². The van der Waals surface area contributed by atoms with E-state index in [1.807, 2.05) is 24.3 Å². The number of amides is 1. The van der Waals surface area contributed by atoms with Crippen LogP contribution in [0.1, 0.15) is 30.9 Å². The zero-order chi connectivity index (χ0) is 20.1. The van der Waals surface area contributed by atoms with E-state index < -0.39 is 0 Å². The van der Waals surface area contributed by atoms with Gasteiger partial charge in [-0.05, 0) is 36.1 Å². The average Bonchev–Trinajstić information content (AvgIpc) is 2.67. The second kappa shape index (κ2) is 9.08. The molecule has 0 aromatic heterocycles. The Labute approximate surface area is 175 Å². The molecule has 1 aliphatic rings. The number of ketones is 1. The van der Waals surface area contributed by atoms with Crippen LogP contribution in [0.2, 0.25) is 10.0 Å². The van der Waals surface area contributed by atoms with Crippen LogP contribution in [0, 0.1) is 0 Å². The molecule has 1 fully saturated rings. The Kier molecular flexibility index (Phi) is 6.76. The number of piperidine rings is 1. The fourth-order valence-electron chi connectivity index (χ4n) is 3.86. The zero-order valence-corrected chi connectivity index (χ0v) is 17.4. The van der Waals surface area contributed by atoms with Crippen molar-refractivity contribution >= 4 is 34.9 Å².